The summed E-state index contributed by atoms with van der Waals surface area (Å²) in [7, 11) is 0. The number of Topliss-reactive ketones (excluding diaryl/α,β-unsaturated/α-hetero) is 1. The molecule has 0 spiro atoms. The maximum absolute atomic E-state index is 11.8. The molecule has 154 valence electrons. The van der Waals surface area contributed by atoms with Crippen LogP contribution in [0.2, 0.25) is 10.0 Å². The number of carboxylic acids is 1. The van der Waals surface area contributed by atoms with Crippen LogP contribution >= 0.6 is 34.8 Å². The molecule has 0 bridgehead atoms. The summed E-state index contributed by atoms with van der Waals surface area (Å²) in [5, 5.41) is 10.5. The predicted octanol–water partition coefficient (Wildman–Crippen LogP) is 6.42. The molecule has 2 aromatic rings. The van der Waals surface area contributed by atoms with Crippen LogP contribution in [-0.4, -0.2) is 22.7 Å². The number of carboxylic acid groups (broad SMARTS) is 1. The second-order valence-corrected chi connectivity index (χ2v) is 8.89. The molecule has 2 fully saturated rings. The van der Waals surface area contributed by atoms with Crippen molar-refractivity contribution in [2.75, 3.05) is 5.88 Å². The Hall–Kier alpha value is -1.55. The van der Waals surface area contributed by atoms with E-state index in [1.165, 1.54) is 0 Å². The van der Waals surface area contributed by atoms with Crippen molar-refractivity contribution in [3.05, 3.63) is 69.7 Å². The summed E-state index contributed by atoms with van der Waals surface area (Å²) in [4.78, 5) is 23.0. The third kappa shape index (κ3) is 4.33. The van der Waals surface area contributed by atoms with Crippen LogP contribution in [0, 0.1) is 0 Å². The molecule has 2 aromatic carbocycles. The Balaban J connectivity index is 0.000000166. The van der Waals surface area contributed by atoms with Crippen molar-refractivity contribution in [2.45, 2.75) is 49.4 Å². The second kappa shape index (κ2) is 9.07. The fourth-order valence-electron chi connectivity index (χ4n) is 4.08. The zero-order chi connectivity index (χ0) is 21.1. The first-order valence-corrected chi connectivity index (χ1v) is 11.0. The standard InChI is InChI=1S/C12H12Cl2O.C11H11ClO2/c13-8-11(15)12(6-1-7-12)9-2-4-10(14)5-3-9;12-9-4-2-8(3-5-9)11(10(13)14)6-1-7-11/h2-5H,1,6-8H2;2-5H,1,6-7H2,(H,13,14). The molecular weight excluding hydrogens is 431 g/mol. The van der Waals surface area contributed by atoms with Crippen molar-refractivity contribution in [3.8, 4) is 0 Å². The Morgan fingerprint density at radius 3 is 1.41 bits per heavy atom. The molecule has 0 unspecified atom stereocenters. The molecule has 1 N–H and O–H groups in total. The van der Waals surface area contributed by atoms with Crippen molar-refractivity contribution < 1.29 is 14.7 Å². The Kier molecular flexibility index (Phi) is 6.93. The van der Waals surface area contributed by atoms with Gasteiger partial charge in [-0.3, -0.25) is 9.59 Å². The monoisotopic (exact) mass is 452 g/mol. The summed E-state index contributed by atoms with van der Waals surface area (Å²) in [6.45, 7) is 0. The lowest BCUT2D eigenvalue weighted by molar-refractivity contribution is -0.147. The molecular formula is C23H23Cl3O3. The SMILES string of the molecule is O=C(CCl)C1(c2ccc(Cl)cc2)CCC1.O=C(O)C1(c2ccc(Cl)cc2)CCC1. The van der Waals surface area contributed by atoms with Crippen LogP contribution in [0.1, 0.15) is 49.7 Å². The van der Waals surface area contributed by atoms with Gasteiger partial charge in [-0.05, 0) is 61.1 Å². The van der Waals surface area contributed by atoms with Crippen LogP contribution in [-0.2, 0) is 20.4 Å². The summed E-state index contributed by atoms with van der Waals surface area (Å²) < 4.78 is 0. The van der Waals surface area contributed by atoms with Crippen molar-refractivity contribution in [1.82, 2.24) is 0 Å². The zero-order valence-electron chi connectivity index (χ0n) is 16.0. The van der Waals surface area contributed by atoms with Crippen LogP contribution in [0.15, 0.2) is 48.5 Å². The van der Waals surface area contributed by atoms with Crippen molar-refractivity contribution in [3.63, 3.8) is 0 Å². The molecule has 0 atom stereocenters. The minimum absolute atomic E-state index is 0.0998. The number of alkyl halides is 1. The van der Waals surface area contributed by atoms with Gasteiger partial charge in [0.25, 0.3) is 0 Å². The van der Waals surface area contributed by atoms with Gasteiger partial charge < -0.3 is 5.11 Å². The number of hydrogen-bond acceptors (Lipinski definition) is 2. The lowest BCUT2D eigenvalue weighted by Gasteiger charge is -2.40. The summed E-state index contributed by atoms with van der Waals surface area (Å²) in [5.74, 6) is -0.480. The van der Waals surface area contributed by atoms with E-state index in [9.17, 15) is 14.7 Å². The Morgan fingerprint density at radius 1 is 0.759 bits per heavy atom. The van der Waals surface area contributed by atoms with Crippen LogP contribution < -0.4 is 0 Å². The first kappa shape index (κ1) is 22.1. The van der Waals surface area contributed by atoms with Gasteiger partial charge in [-0.15, -0.1) is 11.6 Å². The number of aliphatic carboxylic acids is 1. The molecule has 0 heterocycles. The maximum Gasteiger partial charge on any atom is 0.314 e. The molecule has 0 saturated heterocycles. The van der Waals surface area contributed by atoms with Gasteiger partial charge in [-0.2, -0.15) is 0 Å². The minimum Gasteiger partial charge on any atom is -0.481 e. The van der Waals surface area contributed by atoms with Gasteiger partial charge in [-0.1, -0.05) is 60.3 Å². The normalized spacial score (nSPS) is 18.4. The molecule has 0 radical (unpaired) electrons. The fourth-order valence-corrected chi connectivity index (χ4v) is 4.59. The molecule has 0 amide bonds. The van der Waals surface area contributed by atoms with E-state index in [1.54, 1.807) is 12.1 Å². The molecule has 0 aromatic heterocycles. The van der Waals surface area contributed by atoms with E-state index >= 15 is 0 Å². The Bertz CT molecular complexity index is 867. The van der Waals surface area contributed by atoms with Crippen LogP contribution in [0.5, 0.6) is 0 Å². The van der Waals surface area contributed by atoms with Crippen molar-refractivity contribution in [1.29, 1.82) is 0 Å². The topological polar surface area (TPSA) is 54.4 Å². The number of halogens is 3. The number of benzene rings is 2. The molecule has 2 aliphatic carbocycles. The highest BCUT2D eigenvalue weighted by molar-refractivity contribution is 6.31. The average molecular weight is 454 g/mol. The van der Waals surface area contributed by atoms with Gasteiger partial charge in [0.1, 0.15) is 0 Å². The predicted molar refractivity (Wildman–Crippen MR) is 117 cm³/mol. The molecule has 0 aliphatic heterocycles. The van der Waals surface area contributed by atoms with Gasteiger partial charge in [-0.25, -0.2) is 0 Å². The fraction of sp³-hybridized carbons (Fsp3) is 0.391. The quantitative estimate of drug-likeness (QED) is 0.532. The van der Waals surface area contributed by atoms with E-state index in [0.29, 0.717) is 10.0 Å². The van der Waals surface area contributed by atoms with Crippen LogP contribution in [0.4, 0.5) is 0 Å². The first-order chi connectivity index (χ1) is 13.8. The second-order valence-electron chi connectivity index (χ2n) is 7.75. The molecule has 2 aliphatic rings. The third-order valence-corrected chi connectivity index (χ3v) is 7.02. The largest absolute Gasteiger partial charge is 0.481 e. The smallest absolute Gasteiger partial charge is 0.314 e. The molecule has 29 heavy (non-hydrogen) atoms. The Labute approximate surface area is 186 Å². The van der Waals surface area contributed by atoms with Crippen LogP contribution in [0.3, 0.4) is 0 Å². The highest BCUT2D eigenvalue weighted by atomic mass is 35.5. The van der Waals surface area contributed by atoms with E-state index < -0.39 is 11.4 Å². The van der Waals surface area contributed by atoms with E-state index in [1.807, 2.05) is 36.4 Å². The number of carbonyl (C=O) groups excluding carboxylic acids is 1. The van der Waals surface area contributed by atoms with Gasteiger partial charge in [0.15, 0.2) is 5.78 Å². The molecule has 3 nitrogen and oxygen atoms in total. The molecule has 4 rings (SSSR count). The van der Waals surface area contributed by atoms with Crippen molar-refractivity contribution >= 4 is 46.6 Å². The highest BCUT2D eigenvalue weighted by Gasteiger charge is 2.46. The van der Waals surface area contributed by atoms with E-state index in [2.05, 4.69) is 0 Å². The van der Waals surface area contributed by atoms with Crippen LogP contribution in [0.25, 0.3) is 0 Å². The summed E-state index contributed by atoms with van der Waals surface area (Å²) in [6.07, 6.45) is 5.41. The zero-order valence-corrected chi connectivity index (χ0v) is 18.2. The summed E-state index contributed by atoms with van der Waals surface area (Å²) >= 11 is 17.2. The maximum atomic E-state index is 11.8. The summed E-state index contributed by atoms with van der Waals surface area (Å²) in [5.41, 5.74) is 0.987. The molecule has 2 saturated carbocycles. The van der Waals surface area contributed by atoms with Gasteiger partial charge in [0.2, 0.25) is 0 Å². The first-order valence-electron chi connectivity index (χ1n) is 9.69. The van der Waals surface area contributed by atoms with Gasteiger partial charge >= 0.3 is 5.97 Å². The summed E-state index contributed by atoms with van der Waals surface area (Å²) in [6, 6.07) is 14.7. The lowest BCUT2D eigenvalue weighted by Crippen LogP contribution is -2.43. The number of carbonyl (C=O) groups is 2. The Morgan fingerprint density at radius 2 is 1.14 bits per heavy atom. The minimum atomic E-state index is -0.717. The van der Waals surface area contributed by atoms with Gasteiger partial charge in [0.05, 0.1) is 16.7 Å². The molecule has 6 heteroatoms. The highest BCUT2D eigenvalue weighted by Crippen LogP contribution is 2.45. The third-order valence-electron chi connectivity index (χ3n) is 6.27. The number of ketones is 1. The van der Waals surface area contributed by atoms with Gasteiger partial charge in [0, 0.05) is 10.0 Å². The number of hydrogen-bond donors (Lipinski definition) is 1. The van der Waals surface area contributed by atoms with E-state index in [4.69, 9.17) is 34.8 Å². The lowest BCUT2D eigenvalue weighted by atomic mass is 9.62. The van der Waals surface area contributed by atoms with Crippen molar-refractivity contribution in [2.24, 2.45) is 0 Å². The van der Waals surface area contributed by atoms with E-state index in [-0.39, 0.29) is 17.1 Å². The van der Waals surface area contributed by atoms with E-state index in [0.717, 1.165) is 49.7 Å². The average Bonchev–Trinajstić information content (AvgIpc) is 2.63. The number of rotatable bonds is 5.